The molecule has 4 heteroatoms. The normalized spacial score (nSPS) is 0. The van der Waals surface area contributed by atoms with Gasteiger partial charge in [-0.15, -0.1) is 0 Å². The SMILES string of the molecule is P.[O-2].[O-2].[Sn+4]. The molecule has 1 atom stereocenters. The molecule has 0 saturated heterocycles. The maximum atomic E-state index is 0. The van der Waals surface area contributed by atoms with Crippen LogP contribution in [0, 0.1) is 0 Å². The molecule has 0 rings (SSSR count). The third kappa shape index (κ3) is 11.0. The predicted octanol–water partition coefficient (Wildman–Crippen LogP) is -0.560. The second-order valence-corrected chi connectivity index (χ2v) is 0. The summed E-state index contributed by atoms with van der Waals surface area (Å²) in [6, 6.07) is 0. The average Bonchev–Trinajstić information content (AvgIpc) is 0. The van der Waals surface area contributed by atoms with Crippen molar-refractivity contribution in [2.24, 2.45) is 0 Å². The standard InChI is InChI=1S/2O.H3P.Sn/h;;1H3;/q2*-2;;+4. The molecule has 0 spiro atoms. The Kier molecular flexibility index (Phi) is 523. The third-order valence-corrected chi connectivity index (χ3v) is 0. The van der Waals surface area contributed by atoms with Crippen LogP contribution < -0.4 is 0 Å². The van der Waals surface area contributed by atoms with Gasteiger partial charge in [-0.1, -0.05) is 0 Å². The molecule has 2 nitrogen and oxygen atoms in total. The summed E-state index contributed by atoms with van der Waals surface area (Å²) in [4.78, 5) is 0. The fraction of sp³-hybridized carbons (Fsp3) is 0. The van der Waals surface area contributed by atoms with Crippen molar-refractivity contribution in [1.82, 2.24) is 0 Å². The molecule has 0 fully saturated rings. The van der Waals surface area contributed by atoms with Crippen LogP contribution in [0.15, 0.2) is 0 Å². The summed E-state index contributed by atoms with van der Waals surface area (Å²) < 4.78 is 0. The van der Waals surface area contributed by atoms with Gasteiger partial charge in [-0.25, -0.2) is 0 Å². The Bertz CT molecular complexity index is 6.00. The molecule has 0 radical (unpaired) electrons. The number of rotatable bonds is 0. The van der Waals surface area contributed by atoms with E-state index in [9.17, 15) is 0 Å². The van der Waals surface area contributed by atoms with Gasteiger partial charge >= 0.3 is 23.9 Å². The van der Waals surface area contributed by atoms with Gasteiger partial charge in [-0.3, -0.25) is 0 Å². The largest absolute Gasteiger partial charge is 4.00 e. The topological polar surface area (TPSA) is 57.0 Å². The van der Waals surface area contributed by atoms with E-state index in [0.29, 0.717) is 0 Å². The first-order chi connectivity index (χ1) is 0. The van der Waals surface area contributed by atoms with Gasteiger partial charge in [0.05, 0.1) is 0 Å². The molecular weight excluding hydrogens is 182 g/mol. The Morgan fingerprint density at radius 3 is 0.750 bits per heavy atom. The molecule has 0 amide bonds. The van der Waals surface area contributed by atoms with Crippen LogP contribution in [0.1, 0.15) is 0 Å². The van der Waals surface area contributed by atoms with Gasteiger partial charge in [0.15, 0.2) is 0 Å². The summed E-state index contributed by atoms with van der Waals surface area (Å²) in [5.41, 5.74) is 0. The Labute approximate surface area is 45.2 Å². The first kappa shape index (κ1) is 67.2. The van der Waals surface area contributed by atoms with Crippen LogP contribution in [-0.2, 0) is 11.0 Å². The minimum Gasteiger partial charge on any atom is -2.00 e. The van der Waals surface area contributed by atoms with Crippen molar-refractivity contribution in [2.45, 2.75) is 0 Å². The fourth-order valence-electron chi connectivity index (χ4n) is 0. The van der Waals surface area contributed by atoms with E-state index < -0.39 is 0 Å². The zero-order valence-electron chi connectivity index (χ0n) is 2.02. The van der Waals surface area contributed by atoms with Crippen molar-refractivity contribution in [2.75, 3.05) is 0 Å². The molecule has 0 bridgehead atoms. The minimum absolute atomic E-state index is 0. The van der Waals surface area contributed by atoms with Crippen LogP contribution in [0.3, 0.4) is 0 Å². The van der Waals surface area contributed by atoms with Crippen molar-refractivity contribution in [1.29, 1.82) is 0 Å². The summed E-state index contributed by atoms with van der Waals surface area (Å²) >= 11 is 0. The zero-order valence-corrected chi connectivity index (χ0v) is 6.29. The van der Waals surface area contributed by atoms with Gasteiger partial charge in [-0.2, -0.15) is 9.90 Å². The number of hydrogen-bond acceptors (Lipinski definition) is 0. The van der Waals surface area contributed by atoms with Gasteiger partial charge in [0.1, 0.15) is 0 Å². The van der Waals surface area contributed by atoms with E-state index in [0.717, 1.165) is 0 Å². The second-order valence-electron chi connectivity index (χ2n) is 0. The first-order valence-corrected chi connectivity index (χ1v) is 0. The molecule has 0 N–H and O–H groups in total. The Hall–Kier alpha value is 1.15. The second kappa shape index (κ2) is 31.2. The van der Waals surface area contributed by atoms with E-state index in [-0.39, 0.29) is 44.8 Å². The minimum atomic E-state index is 0. The predicted molar refractivity (Wildman–Crippen MR) is 18.2 cm³/mol. The van der Waals surface area contributed by atoms with E-state index in [1.165, 1.54) is 0 Å². The van der Waals surface area contributed by atoms with Gasteiger partial charge in [0, 0.05) is 0 Å². The molecule has 1 unspecified atom stereocenters. The van der Waals surface area contributed by atoms with Crippen molar-refractivity contribution < 1.29 is 11.0 Å². The van der Waals surface area contributed by atoms with E-state index in [1.807, 2.05) is 0 Å². The Morgan fingerprint density at radius 2 is 0.750 bits per heavy atom. The van der Waals surface area contributed by atoms with Gasteiger partial charge in [0.2, 0.25) is 0 Å². The summed E-state index contributed by atoms with van der Waals surface area (Å²) in [6.45, 7) is 0. The van der Waals surface area contributed by atoms with Crippen molar-refractivity contribution in [3.8, 4) is 0 Å². The molecule has 0 aromatic rings. The van der Waals surface area contributed by atoms with Crippen molar-refractivity contribution in [3.05, 3.63) is 0 Å². The first-order valence-electron chi connectivity index (χ1n) is 0. The van der Waals surface area contributed by atoms with E-state index in [4.69, 9.17) is 0 Å². The molecular formula is H3O2PSn. The van der Waals surface area contributed by atoms with Crippen LogP contribution in [-0.4, -0.2) is 23.9 Å². The molecule has 0 aliphatic rings. The van der Waals surface area contributed by atoms with E-state index in [2.05, 4.69) is 0 Å². The average molecular weight is 185 g/mol. The van der Waals surface area contributed by atoms with Gasteiger partial charge in [-0.05, 0) is 0 Å². The summed E-state index contributed by atoms with van der Waals surface area (Å²) in [5, 5.41) is 0. The molecule has 4 heavy (non-hydrogen) atoms. The van der Waals surface area contributed by atoms with Crippen molar-refractivity contribution >= 4 is 33.8 Å². The molecule has 0 saturated carbocycles. The molecule has 0 aromatic carbocycles. The summed E-state index contributed by atoms with van der Waals surface area (Å²) in [6.07, 6.45) is 0. The van der Waals surface area contributed by atoms with E-state index >= 15 is 0 Å². The van der Waals surface area contributed by atoms with Gasteiger partial charge in [0.25, 0.3) is 0 Å². The summed E-state index contributed by atoms with van der Waals surface area (Å²) in [7, 11) is 0. The Morgan fingerprint density at radius 1 is 0.750 bits per heavy atom. The van der Waals surface area contributed by atoms with E-state index in [1.54, 1.807) is 0 Å². The monoisotopic (exact) mass is 186 g/mol. The van der Waals surface area contributed by atoms with Crippen LogP contribution in [0.25, 0.3) is 0 Å². The fourth-order valence-corrected chi connectivity index (χ4v) is 0. The quantitative estimate of drug-likeness (QED) is 0.358. The third-order valence-electron chi connectivity index (χ3n) is 0. The molecule has 0 aromatic heterocycles. The van der Waals surface area contributed by atoms with Crippen LogP contribution in [0.2, 0.25) is 0 Å². The summed E-state index contributed by atoms with van der Waals surface area (Å²) in [5.74, 6) is 0. The maximum absolute atomic E-state index is 0. The van der Waals surface area contributed by atoms with Crippen LogP contribution in [0.5, 0.6) is 0 Å². The Balaban J connectivity index is 0. The van der Waals surface area contributed by atoms with Crippen LogP contribution in [0.4, 0.5) is 0 Å². The number of hydrogen-bond donors (Lipinski definition) is 0. The maximum Gasteiger partial charge on any atom is 4.00 e. The zero-order chi connectivity index (χ0) is 0. The molecule has 0 heterocycles. The molecule has 0 aliphatic heterocycles. The van der Waals surface area contributed by atoms with Crippen molar-refractivity contribution in [3.63, 3.8) is 0 Å². The van der Waals surface area contributed by atoms with Crippen LogP contribution >= 0.6 is 9.90 Å². The molecule has 0 aliphatic carbocycles. The smallest absolute Gasteiger partial charge is 2.00 e. The molecule has 24 valence electrons. The van der Waals surface area contributed by atoms with Gasteiger partial charge < -0.3 is 11.0 Å².